The van der Waals surface area contributed by atoms with E-state index in [1.165, 1.54) is 44.2 Å². The van der Waals surface area contributed by atoms with E-state index in [4.69, 9.17) is 5.14 Å². The third-order valence-electron chi connectivity index (χ3n) is 5.06. The zero-order valence-corrected chi connectivity index (χ0v) is 16.0. The smallest absolute Gasteiger partial charge is 0.238 e. The van der Waals surface area contributed by atoms with Gasteiger partial charge in [0.2, 0.25) is 10.0 Å². The minimum atomic E-state index is -3.65. The van der Waals surface area contributed by atoms with E-state index in [0.29, 0.717) is 12.0 Å². The summed E-state index contributed by atoms with van der Waals surface area (Å²) >= 11 is 0. The summed E-state index contributed by atoms with van der Waals surface area (Å²) in [6.45, 7) is 6.54. The topological polar surface area (TPSA) is 96.6 Å². The highest BCUT2D eigenvalue weighted by Gasteiger charge is 2.31. The molecule has 1 aliphatic carbocycles. The van der Waals surface area contributed by atoms with Crippen LogP contribution < -0.4 is 15.8 Å². The average Bonchev–Trinajstić information content (AvgIpc) is 3.06. The molecule has 0 atom stereocenters. The fourth-order valence-electron chi connectivity index (χ4n) is 3.35. The number of nitrogens with two attached hydrogens (primary N) is 1. The Balaban J connectivity index is 1.99. The van der Waals surface area contributed by atoms with Crippen LogP contribution in [0.2, 0.25) is 0 Å². The molecule has 25 heavy (non-hydrogen) atoms. The van der Waals surface area contributed by atoms with E-state index in [-0.39, 0.29) is 4.90 Å². The second-order valence-corrected chi connectivity index (χ2v) is 8.36. The van der Waals surface area contributed by atoms with Gasteiger partial charge in [-0.25, -0.2) is 18.5 Å². The molecule has 1 saturated carbocycles. The molecule has 1 aliphatic rings. The highest BCUT2D eigenvalue weighted by Crippen LogP contribution is 2.40. The molecular weight excluding hydrogens is 336 g/mol. The number of primary sulfonamides is 1. The Morgan fingerprint density at radius 1 is 1.16 bits per heavy atom. The molecule has 0 unspecified atom stereocenters. The van der Waals surface area contributed by atoms with E-state index in [0.717, 1.165) is 24.6 Å². The van der Waals surface area contributed by atoms with Gasteiger partial charge in [-0.05, 0) is 49.3 Å². The molecule has 2 rings (SSSR count). The minimum absolute atomic E-state index is 0.122. The highest BCUT2D eigenvalue weighted by molar-refractivity contribution is 7.89. The van der Waals surface area contributed by atoms with E-state index in [1.807, 2.05) is 6.92 Å². The molecule has 0 aliphatic heterocycles. The standard InChI is InChI=1S/C18H30N4O2S/c1-3-18(11-5-6-12-18)14-22-17(20-4-2)21-13-15-7-9-16(10-8-15)25(19,23)24/h7-10H,3-6,11-14H2,1-2H3,(H2,19,23,24)(H2,20,21,22). The summed E-state index contributed by atoms with van der Waals surface area (Å²) in [5, 5.41) is 11.9. The van der Waals surface area contributed by atoms with Gasteiger partial charge in [0, 0.05) is 13.1 Å². The average molecular weight is 367 g/mol. The summed E-state index contributed by atoms with van der Waals surface area (Å²) in [6, 6.07) is 6.53. The number of sulfonamides is 1. The predicted molar refractivity (Wildman–Crippen MR) is 102 cm³/mol. The van der Waals surface area contributed by atoms with Crippen LogP contribution in [0, 0.1) is 5.41 Å². The zero-order chi connectivity index (χ0) is 18.3. The van der Waals surface area contributed by atoms with Gasteiger partial charge in [0.05, 0.1) is 11.4 Å². The van der Waals surface area contributed by atoms with Crippen LogP contribution in [-0.2, 0) is 16.6 Å². The van der Waals surface area contributed by atoms with Crippen LogP contribution in [0.5, 0.6) is 0 Å². The maximum atomic E-state index is 11.3. The molecule has 140 valence electrons. The maximum absolute atomic E-state index is 11.3. The summed E-state index contributed by atoms with van der Waals surface area (Å²) < 4.78 is 22.6. The van der Waals surface area contributed by atoms with Gasteiger partial charge in [-0.1, -0.05) is 31.9 Å². The molecule has 0 radical (unpaired) electrons. The Kier molecular flexibility index (Phi) is 6.84. The molecule has 1 aromatic carbocycles. The van der Waals surface area contributed by atoms with Crippen molar-refractivity contribution in [2.45, 2.75) is 57.4 Å². The lowest BCUT2D eigenvalue weighted by Gasteiger charge is -2.28. The van der Waals surface area contributed by atoms with Crippen LogP contribution in [0.4, 0.5) is 0 Å². The van der Waals surface area contributed by atoms with Crippen molar-refractivity contribution < 1.29 is 8.42 Å². The highest BCUT2D eigenvalue weighted by atomic mass is 32.2. The second kappa shape index (κ2) is 8.67. The van der Waals surface area contributed by atoms with Gasteiger partial charge in [0.15, 0.2) is 5.96 Å². The Bertz CT molecular complexity index is 678. The van der Waals surface area contributed by atoms with Crippen molar-refractivity contribution in [1.82, 2.24) is 10.6 Å². The van der Waals surface area contributed by atoms with Gasteiger partial charge in [-0.2, -0.15) is 0 Å². The monoisotopic (exact) mass is 366 g/mol. The van der Waals surface area contributed by atoms with Crippen LogP contribution in [0.25, 0.3) is 0 Å². The molecule has 0 saturated heterocycles. The van der Waals surface area contributed by atoms with Gasteiger partial charge < -0.3 is 10.6 Å². The molecule has 6 nitrogen and oxygen atoms in total. The number of rotatable bonds is 7. The first kappa shape index (κ1) is 19.7. The summed E-state index contributed by atoms with van der Waals surface area (Å²) in [6.07, 6.45) is 6.39. The minimum Gasteiger partial charge on any atom is -0.357 e. The van der Waals surface area contributed by atoms with E-state index >= 15 is 0 Å². The van der Waals surface area contributed by atoms with Gasteiger partial charge in [0.25, 0.3) is 0 Å². The Morgan fingerprint density at radius 2 is 1.80 bits per heavy atom. The first-order valence-corrected chi connectivity index (χ1v) is 10.6. The Hall–Kier alpha value is -1.60. The van der Waals surface area contributed by atoms with Gasteiger partial charge in [-0.3, -0.25) is 0 Å². The number of aliphatic imine (C=N–C) groups is 1. The van der Waals surface area contributed by atoms with Gasteiger partial charge >= 0.3 is 0 Å². The molecule has 1 fully saturated rings. The van der Waals surface area contributed by atoms with E-state index in [1.54, 1.807) is 12.1 Å². The molecule has 0 heterocycles. The summed E-state index contributed by atoms with van der Waals surface area (Å²) in [7, 11) is -3.65. The van der Waals surface area contributed by atoms with Crippen LogP contribution in [0.3, 0.4) is 0 Å². The Labute approximate surface area is 151 Å². The first-order chi connectivity index (χ1) is 11.9. The van der Waals surface area contributed by atoms with Crippen molar-refractivity contribution in [3.8, 4) is 0 Å². The predicted octanol–water partition coefficient (Wildman–Crippen LogP) is 2.36. The quantitative estimate of drug-likeness (QED) is 0.510. The van der Waals surface area contributed by atoms with E-state index in [2.05, 4.69) is 22.5 Å². The fourth-order valence-corrected chi connectivity index (χ4v) is 3.86. The molecule has 0 bridgehead atoms. The number of hydrogen-bond donors (Lipinski definition) is 3. The number of nitrogens with one attached hydrogen (secondary N) is 2. The zero-order valence-electron chi connectivity index (χ0n) is 15.2. The third kappa shape index (κ3) is 5.71. The SMILES string of the molecule is CCNC(=NCc1ccc(S(N)(=O)=O)cc1)NCC1(CC)CCCC1. The van der Waals surface area contributed by atoms with E-state index in [9.17, 15) is 8.42 Å². The normalized spacial score (nSPS) is 17.5. The number of nitrogens with zero attached hydrogens (tertiary/aromatic N) is 1. The maximum Gasteiger partial charge on any atom is 0.238 e. The van der Waals surface area contributed by atoms with E-state index < -0.39 is 10.0 Å². The molecular formula is C18H30N4O2S. The second-order valence-electron chi connectivity index (χ2n) is 6.80. The van der Waals surface area contributed by atoms with Crippen molar-refractivity contribution in [2.24, 2.45) is 15.5 Å². The first-order valence-electron chi connectivity index (χ1n) is 9.02. The van der Waals surface area contributed by atoms with Crippen molar-refractivity contribution in [3.05, 3.63) is 29.8 Å². The third-order valence-corrected chi connectivity index (χ3v) is 5.99. The molecule has 7 heteroatoms. The number of benzene rings is 1. The summed E-state index contributed by atoms with van der Waals surface area (Å²) in [4.78, 5) is 4.74. The lowest BCUT2D eigenvalue weighted by atomic mass is 9.83. The van der Waals surface area contributed by atoms with Crippen molar-refractivity contribution in [1.29, 1.82) is 0 Å². The van der Waals surface area contributed by atoms with Crippen LogP contribution in [0.15, 0.2) is 34.2 Å². The summed E-state index contributed by atoms with van der Waals surface area (Å²) in [5.41, 5.74) is 1.34. The van der Waals surface area contributed by atoms with Gasteiger partial charge in [0.1, 0.15) is 0 Å². The van der Waals surface area contributed by atoms with Crippen molar-refractivity contribution in [3.63, 3.8) is 0 Å². The van der Waals surface area contributed by atoms with Gasteiger partial charge in [-0.15, -0.1) is 0 Å². The number of guanidine groups is 1. The lowest BCUT2D eigenvalue weighted by molar-refractivity contribution is 0.283. The molecule has 0 aromatic heterocycles. The van der Waals surface area contributed by atoms with Crippen LogP contribution in [0.1, 0.15) is 51.5 Å². The molecule has 0 amide bonds. The summed E-state index contributed by atoms with van der Waals surface area (Å²) in [5.74, 6) is 0.803. The Morgan fingerprint density at radius 3 is 2.32 bits per heavy atom. The van der Waals surface area contributed by atoms with Crippen LogP contribution in [-0.4, -0.2) is 27.5 Å². The van der Waals surface area contributed by atoms with Crippen molar-refractivity contribution >= 4 is 16.0 Å². The largest absolute Gasteiger partial charge is 0.357 e. The van der Waals surface area contributed by atoms with Crippen molar-refractivity contribution in [2.75, 3.05) is 13.1 Å². The molecule has 4 N–H and O–H groups in total. The molecule has 0 spiro atoms. The number of hydrogen-bond acceptors (Lipinski definition) is 3. The fraction of sp³-hybridized carbons (Fsp3) is 0.611. The molecule has 1 aromatic rings. The lowest BCUT2D eigenvalue weighted by Crippen LogP contribution is -2.42. The van der Waals surface area contributed by atoms with Crippen LogP contribution >= 0.6 is 0 Å².